The van der Waals surface area contributed by atoms with Crippen LogP contribution in [0.4, 0.5) is 24.5 Å². The third-order valence-corrected chi connectivity index (χ3v) is 10.3. The van der Waals surface area contributed by atoms with Gasteiger partial charge >= 0.3 is 6.18 Å². The van der Waals surface area contributed by atoms with Crippen molar-refractivity contribution in [1.29, 1.82) is 0 Å². The van der Waals surface area contributed by atoms with Gasteiger partial charge < -0.3 is 29.7 Å². The Balaban J connectivity index is 1.14. The van der Waals surface area contributed by atoms with Gasteiger partial charge in [-0.2, -0.15) is 22.7 Å². The maximum absolute atomic E-state index is 14.4. The van der Waals surface area contributed by atoms with Crippen LogP contribution in [0.1, 0.15) is 64.9 Å². The molecule has 1 saturated heterocycles. The molecule has 7 heterocycles. The van der Waals surface area contributed by atoms with Crippen LogP contribution >= 0.6 is 11.6 Å². The maximum atomic E-state index is 14.4. The van der Waals surface area contributed by atoms with Crippen LogP contribution in [0.15, 0.2) is 35.3 Å². The largest absolute Gasteiger partial charge is 0.503 e. The van der Waals surface area contributed by atoms with Crippen molar-refractivity contribution in [1.82, 2.24) is 29.0 Å². The first kappa shape index (κ1) is 34.0. The Morgan fingerprint density at radius 2 is 1.90 bits per heavy atom. The molecule has 52 heavy (non-hydrogen) atoms. The van der Waals surface area contributed by atoms with Gasteiger partial charge in [0, 0.05) is 50.3 Å². The first-order valence-electron chi connectivity index (χ1n) is 16.8. The highest BCUT2D eigenvalue weighted by atomic mass is 35.5. The molecule has 272 valence electrons. The lowest BCUT2D eigenvalue weighted by molar-refractivity contribution is -0.137. The molecule has 0 bridgehead atoms. The number of fused-ring (bicyclic) bond motifs is 4. The van der Waals surface area contributed by atoms with Gasteiger partial charge in [-0.05, 0) is 36.6 Å². The van der Waals surface area contributed by atoms with E-state index in [0.717, 1.165) is 29.3 Å². The molecule has 4 aliphatic rings. The lowest BCUT2D eigenvalue weighted by Gasteiger charge is -2.36. The third-order valence-electron chi connectivity index (χ3n) is 9.95. The number of rotatable bonds is 5. The van der Waals surface area contributed by atoms with Gasteiger partial charge in [0.25, 0.3) is 11.5 Å². The molecule has 18 heteroatoms. The lowest BCUT2D eigenvalue weighted by atomic mass is 10.0. The van der Waals surface area contributed by atoms with Crippen LogP contribution in [0, 0.1) is 0 Å². The number of benzene rings is 1. The van der Waals surface area contributed by atoms with E-state index in [-0.39, 0.29) is 72.2 Å². The molecule has 0 saturated carbocycles. The van der Waals surface area contributed by atoms with E-state index in [9.17, 15) is 32.7 Å². The summed E-state index contributed by atoms with van der Waals surface area (Å²) in [5, 5.41) is 17.7. The highest BCUT2D eigenvalue weighted by Crippen LogP contribution is 2.43. The van der Waals surface area contributed by atoms with E-state index >= 15 is 0 Å². The summed E-state index contributed by atoms with van der Waals surface area (Å²) in [6.07, 6.45) is 0.125. The number of anilines is 2. The zero-order valence-electron chi connectivity index (χ0n) is 27.7. The molecule has 4 aromatic rings. The fraction of sp³-hybridized carbons (Fsp3) is 0.412. The van der Waals surface area contributed by atoms with Crippen LogP contribution in [-0.2, 0) is 22.1 Å². The molecule has 1 fully saturated rings. The fourth-order valence-corrected chi connectivity index (χ4v) is 7.55. The third kappa shape index (κ3) is 5.71. The highest BCUT2D eigenvalue weighted by Gasteiger charge is 2.41. The standard InChI is InChI=1S/C34H32ClF3N8O6/c1-17-14-23(30(48)40-22-3-2-20(15-21(22)35)34(36,37)38)45-25(17)26(32(50)46-33(45)41-29(42-46)18-4-11-51-12-5-18)43-7-9-44(10-8-43)31(49)24-27(47)28-19(16-39-24)6-13-52-28/h2-4,15-17,23,47H,5-14H2,1H3,(H,40,48)/t17-,23-/m1/s1. The first-order chi connectivity index (χ1) is 24.9. The van der Waals surface area contributed by atoms with Gasteiger partial charge in [0.05, 0.1) is 41.8 Å². The Labute approximate surface area is 298 Å². The van der Waals surface area contributed by atoms with Gasteiger partial charge in [-0.15, -0.1) is 5.10 Å². The van der Waals surface area contributed by atoms with Crippen LogP contribution in [0.3, 0.4) is 0 Å². The topological polar surface area (TPSA) is 156 Å². The quantitative estimate of drug-likeness (QED) is 0.306. The number of piperazine rings is 1. The molecule has 1 aromatic carbocycles. The minimum Gasteiger partial charge on any atom is -0.503 e. The van der Waals surface area contributed by atoms with Gasteiger partial charge in [0.2, 0.25) is 11.7 Å². The van der Waals surface area contributed by atoms with Crippen LogP contribution in [-0.4, -0.2) is 92.0 Å². The molecule has 0 spiro atoms. The van der Waals surface area contributed by atoms with E-state index in [1.54, 1.807) is 9.47 Å². The first-order valence-corrected chi connectivity index (χ1v) is 17.2. The molecule has 4 aliphatic heterocycles. The zero-order valence-corrected chi connectivity index (χ0v) is 28.5. The number of alkyl halides is 3. The number of carbonyl (C=O) groups excluding carboxylic acids is 2. The van der Waals surface area contributed by atoms with Crippen molar-refractivity contribution in [2.45, 2.75) is 44.3 Å². The predicted molar refractivity (Wildman–Crippen MR) is 181 cm³/mol. The van der Waals surface area contributed by atoms with Crippen molar-refractivity contribution < 1.29 is 37.3 Å². The number of carbonyl (C=O) groups is 2. The monoisotopic (exact) mass is 740 g/mol. The lowest BCUT2D eigenvalue weighted by Crippen LogP contribution is -2.51. The van der Waals surface area contributed by atoms with Crippen LogP contribution < -0.4 is 20.5 Å². The number of aromatic hydroxyl groups is 1. The van der Waals surface area contributed by atoms with E-state index in [2.05, 4.69) is 15.4 Å². The molecule has 2 atom stereocenters. The number of amides is 2. The molecule has 2 N–H and O–H groups in total. The average molecular weight is 741 g/mol. The van der Waals surface area contributed by atoms with Gasteiger partial charge in [-0.1, -0.05) is 24.6 Å². The summed E-state index contributed by atoms with van der Waals surface area (Å²) in [7, 11) is 0. The van der Waals surface area contributed by atoms with Gasteiger partial charge in [-0.25, -0.2) is 4.98 Å². The van der Waals surface area contributed by atoms with Crippen LogP contribution in [0.2, 0.25) is 5.02 Å². The van der Waals surface area contributed by atoms with E-state index in [0.29, 0.717) is 49.9 Å². The number of ether oxygens (including phenoxy) is 2. The smallest absolute Gasteiger partial charge is 0.416 e. The summed E-state index contributed by atoms with van der Waals surface area (Å²) in [4.78, 5) is 54.1. The molecule has 0 unspecified atom stereocenters. The Kier molecular flexibility index (Phi) is 8.36. The van der Waals surface area contributed by atoms with Crippen molar-refractivity contribution in [2.75, 3.05) is 56.2 Å². The number of pyridine rings is 1. The van der Waals surface area contributed by atoms with Crippen LogP contribution in [0.5, 0.6) is 11.5 Å². The molecule has 14 nitrogen and oxygen atoms in total. The SMILES string of the molecule is C[C@@H]1C[C@H](C(=O)Nc2ccc(C(F)(F)F)cc2Cl)n2c1c(N1CCN(C(=O)c3ncc4c(c3O)OCC4)CC1)c(=O)n1nc(C3=CCOCC3)nc21. The van der Waals surface area contributed by atoms with E-state index < -0.39 is 35.2 Å². The summed E-state index contributed by atoms with van der Waals surface area (Å²) >= 11 is 6.19. The van der Waals surface area contributed by atoms with Crippen LogP contribution in [0.25, 0.3) is 11.4 Å². The minimum atomic E-state index is -4.61. The summed E-state index contributed by atoms with van der Waals surface area (Å²) in [6, 6.07) is 1.77. The van der Waals surface area contributed by atoms with Gasteiger partial charge in [0.1, 0.15) is 11.7 Å². The molecule has 3 aromatic heterocycles. The van der Waals surface area contributed by atoms with E-state index in [4.69, 9.17) is 26.1 Å². The van der Waals surface area contributed by atoms with Gasteiger partial charge in [-0.3, -0.25) is 19.0 Å². The summed E-state index contributed by atoms with van der Waals surface area (Å²) in [5.74, 6) is -0.917. The second-order valence-electron chi connectivity index (χ2n) is 13.1. The number of nitrogens with zero attached hydrogens (tertiary/aromatic N) is 7. The molecule has 8 rings (SSSR count). The summed E-state index contributed by atoms with van der Waals surface area (Å²) < 4.78 is 53.6. The van der Waals surface area contributed by atoms with Crippen molar-refractivity contribution in [2.24, 2.45) is 0 Å². The Morgan fingerprint density at radius 3 is 2.62 bits per heavy atom. The maximum Gasteiger partial charge on any atom is 0.416 e. The molecular weight excluding hydrogens is 709 g/mol. The highest BCUT2D eigenvalue weighted by molar-refractivity contribution is 6.33. The molecule has 0 aliphatic carbocycles. The minimum absolute atomic E-state index is 0.00354. The zero-order chi connectivity index (χ0) is 36.5. The number of hydrogen-bond donors (Lipinski definition) is 2. The van der Waals surface area contributed by atoms with Crippen molar-refractivity contribution in [3.05, 3.63) is 74.2 Å². The molecular formula is C34H32ClF3N8O6. The molecule has 2 amide bonds. The number of halogens is 4. The number of nitrogens with one attached hydrogen (secondary N) is 1. The second kappa shape index (κ2) is 12.8. The Hall–Kier alpha value is -5.16. The van der Waals surface area contributed by atoms with Crippen molar-refractivity contribution >= 4 is 46.1 Å². The average Bonchev–Trinajstić information content (AvgIpc) is 3.88. The number of aromatic nitrogens is 5. The van der Waals surface area contributed by atoms with Crippen molar-refractivity contribution in [3.63, 3.8) is 0 Å². The van der Waals surface area contributed by atoms with Gasteiger partial charge in [0.15, 0.2) is 23.0 Å². The van der Waals surface area contributed by atoms with E-state index in [1.807, 2.05) is 17.9 Å². The second-order valence-corrected chi connectivity index (χ2v) is 13.5. The van der Waals surface area contributed by atoms with Crippen molar-refractivity contribution in [3.8, 4) is 11.5 Å². The Bertz CT molecular complexity index is 2230. The fourth-order valence-electron chi connectivity index (χ4n) is 7.32. The molecule has 0 radical (unpaired) electrons. The van der Waals surface area contributed by atoms with E-state index in [1.165, 1.54) is 10.7 Å². The Morgan fingerprint density at radius 1 is 1.12 bits per heavy atom. The normalized spacial score (nSPS) is 20.1. The summed E-state index contributed by atoms with van der Waals surface area (Å²) in [6.45, 7) is 3.99. The predicted octanol–water partition coefficient (Wildman–Crippen LogP) is 4.05. The summed E-state index contributed by atoms with van der Waals surface area (Å²) in [5.41, 5.74) is 0.875. The number of hydrogen-bond acceptors (Lipinski definition) is 10.